The average Bonchev–Trinajstić information content (AvgIpc) is 3.40. The second-order valence-corrected chi connectivity index (χ2v) is 9.36. The molecule has 2 heteroatoms. The van der Waals surface area contributed by atoms with Crippen LogP contribution in [0.5, 0.6) is 5.75 Å². The zero-order valence-corrected chi connectivity index (χ0v) is 16.8. The molecule has 1 aliphatic carbocycles. The first-order valence-electron chi connectivity index (χ1n) is 10.0. The van der Waals surface area contributed by atoms with Crippen molar-refractivity contribution in [3.05, 3.63) is 59.3 Å². The van der Waals surface area contributed by atoms with Gasteiger partial charge in [-0.1, -0.05) is 50.6 Å². The van der Waals surface area contributed by atoms with Gasteiger partial charge in [0.05, 0.1) is 5.52 Å². The average molecular weight is 360 g/mol. The number of fused-ring (bicyclic) bond motifs is 1. The van der Waals surface area contributed by atoms with Crippen molar-refractivity contribution in [2.24, 2.45) is 11.3 Å². The minimum atomic E-state index is 0.171. The number of aromatic nitrogens is 1. The molecule has 2 aromatic carbocycles. The van der Waals surface area contributed by atoms with Gasteiger partial charge in [-0.2, -0.15) is 0 Å². The number of phenols is 1. The summed E-state index contributed by atoms with van der Waals surface area (Å²) in [5, 5.41) is 11.2. The molecule has 4 rings (SSSR count). The standard InChI is InChI=1S/C25H29NO/c1-16-5-9-18(10-6-16)24-20-14-19(27)11-12-22(20)26-23(13-17-7-8-17)21(24)15-25(2,3)4/h5-6,9-12,14,17,27H,7-8,13,15H2,1-4H3. The molecule has 1 aromatic heterocycles. The highest BCUT2D eigenvalue weighted by Crippen LogP contribution is 2.41. The third-order valence-corrected chi connectivity index (χ3v) is 5.38. The summed E-state index contributed by atoms with van der Waals surface area (Å²) >= 11 is 0. The number of benzene rings is 2. The molecule has 1 heterocycles. The highest BCUT2D eigenvalue weighted by molar-refractivity contribution is 5.97. The third-order valence-electron chi connectivity index (χ3n) is 5.38. The Morgan fingerprint density at radius 3 is 2.37 bits per heavy atom. The monoisotopic (exact) mass is 359 g/mol. The molecule has 140 valence electrons. The van der Waals surface area contributed by atoms with Crippen LogP contribution in [0.15, 0.2) is 42.5 Å². The molecule has 0 aliphatic heterocycles. The predicted molar refractivity (Wildman–Crippen MR) is 113 cm³/mol. The maximum atomic E-state index is 10.2. The van der Waals surface area contributed by atoms with Crippen LogP contribution in [-0.4, -0.2) is 10.1 Å². The number of nitrogens with zero attached hydrogens (tertiary/aromatic N) is 1. The Bertz CT molecular complexity index is 976. The van der Waals surface area contributed by atoms with Crippen LogP contribution in [0.25, 0.3) is 22.0 Å². The molecule has 0 atom stereocenters. The van der Waals surface area contributed by atoms with Crippen molar-refractivity contribution in [3.63, 3.8) is 0 Å². The quantitative estimate of drug-likeness (QED) is 0.580. The van der Waals surface area contributed by atoms with Gasteiger partial charge in [-0.15, -0.1) is 0 Å². The minimum Gasteiger partial charge on any atom is -0.508 e. The van der Waals surface area contributed by atoms with Crippen LogP contribution in [-0.2, 0) is 12.8 Å². The Morgan fingerprint density at radius 2 is 1.74 bits per heavy atom. The lowest BCUT2D eigenvalue weighted by Crippen LogP contribution is -2.14. The van der Waals surface area contributed by atoms with Gasteiger partial charge in [-0.3, -0.25) is 4.98 Å². The Hall–Kier alpha value is -2.35. The first-order chi connectivity index (χ1) is 12.8. The summed E-state index contributed by atoms with van der Waals surface area (Å²) in [7, 11) is 0. The van der Waals surface area contributed by atoms with E-state index in [0.29, 0.717) is 5.75 Å². The summed E-state index contributed by atoms with van der Waals surface area (Å²) in [6.45, 7) is 8.99. The van der Waals surface area contributed by atoms with Gasteiger partial charge in [0.15, 0.2) is 0 Å². The van der Waals surface area contributed by atoms with Crippen LogP contribution in [0, 0.1) is 18.3 Å². The van der Waals surface area contributed by atoms with Crippen LogP contribution < -0.4 is 0 Å². The predicted octanol–water partition coefficient (Wildman–Crippen LogP) is 6.46. The maximum absolute atomic E-state index is 10.2. The Balaban J connectivity index is 2.02. The fourth-order valence-corrected chi connectivity index (χ4v) is 3.88. The van der Waals surface area contributed by atoms with Crippen molar-refractivity contribution in [2.75, 3.05) is 0 Å². The lowest BCUT2D eigenvalue weighted by Gasteiger charge is -2.24. The van der Waals surface area contributed by atoms with Crippen molar-refractivity contribution in [2.45, 2.75) is 53.4 Å². The van der Waals surface area contributed by atoms with Gasteiger partial charge >= 0.3 is 0 Å². The van der Waals surface area contributed by atoms with Crippen molar-refractivity contribution >= 4 is 10.9 Å². The number of aromatic hydroxyl groups is 1. The van der Waals surface area contributed by atoms with Crippen molar-refractivity contribution in [3.8, 4) is 16.9 Å². The van der Waals surface area contributed by atoms with E-state index in [4.69, 9.17) is 4.98 Å². The van der Waals surface area contributed by atoms with E-state index in [9.17, 15) is 5.11 Å². The molecule has 0 amide bonds. The molecular formula is C25H29NO. The molecule has 1 saturated carbocycles. The maximum Gasteiger partial charge on any atom is 0.116 e. The van der Waals surface area contributed by atoms with E-state index >= 15 is 0 Å². The van der Waals surface area contributed by atoms with Crippen molar-refractivity contribution in [1.82, 2.24) is 4.98 Å². The molecule has 27 heavy (non-hydrogen) atoms. The molecule has 1 aliphatic rings. The molecular weight excluding hydrogens is 330 g/mol. The third kappa shape index (κ3) is 4.00. The van der Waals surface area contributed by atoms with E-state index in [1.54, 1.807) is 6.07 Å². The Kier molecular flexibility index (Phi) is 4.46. The van der Waals surface area contributed by atoms with E-state index in [2.05, 4.69) is 52.0 Å². The highest BCUT2D eigenvalue weighted by atomic mass is 16.3. The second-order valence-electron chi connectivity index (χ2n) is 9.36. The van der Waals surface area contributed by atoms with Gasteiger partial charge in [0.1, 0.15) is 5.75 Å². The Morgan fingerprint density at radius 1 is 1.04 bits per heavy atom. The van der Waals surface area contributed by atoms with Gasteiger partial charge in [0.2, 0.25) is 0 Å². The number of hydrogen-bond donors (Lipinski definition) is 1. The zero-order chi connectivity index (χ0) is 19.2. The molecule has 0 saturated heterocycles. The van der Waals surface area contributed by atoms with Crippen LogP contribution in [0.2, 0.25) is 0 Å². The fraction of sp³-hybridized carbons (Fsp3) is 0.400. The molecule has 1 fully saturated rings. The van der Waals surface area contributed by atoms with Crippen molar-refractivity contribution in [1.29, 1.82) is 0 Å². The van der Waals surface area contributed by atoms with E-state index in [-0.39, 0.29) is 5.41 Å². The minimum absolute atomic E-state index is 0.171. The first-order valence-corrected chi connectivity index (χ1v) is 10.0. The SMILES string of the molecule is Cc1ccc(-c2c(CC(C)(C)C)c(CC3CC3)nc3ccc(O)cc23)cc1. The molecule has 0 spiro atoms. The summed E-state index contributed by atoms with van der Waals surface area (Å²) in [5.41, 5.74) is 7.49. The van der Waals surface area contributed by atoms with Crippen molar-refractivity contribution < 1.29 is 5.11 Å². The second kappa shape index (κ2) is 6.67. The highest BCUT2D eigenvalue weighted by Gasteiger charge is 2.27. The fourth-order valence-electron chi connectivity index (χ4n) is 3.88. The van der Waals surface area contributed by atoms with Gasteiger partial charge in [0.25, 0.3) is 0 Å². The van der Waals surface area contributed by atoms with E-state index in [0.717, 1.165) is 29.7 Å². The van der Waals surface area contributed by atoms with Crippen LogP contribution in [0.3, 0.4) is 0 Å². The van der Waals surface area contributed by atoms with Crippen LogP contribution >= 0.6 is 0 Å². The number of aryl methyl sites for hydroxylation is 1. The number of pyridine rings is 1. The largest absolute Gasteiger partial charge is 0.508 e. The number of phenolic OH excluding ortho intramolecular Hbond substituents is 1. The molecule has 1 N–H and O–H groups in total. The van der Waals surface area contributed by atoms with E-state index in [1.807, 2.05) is 12.1 Å². The van der Waals surface area contributed by atoms with E-state index < -0.39 is 0 Å². The molecule has 0 bridgehead atoms. The zero-order valence-electron chi connectivity index (χ0n) is 16.8. The van der Waals surface area contributed by atoms with Crippen LogP contribution in [0.4, 0.5) is 0 Å². The lowest BCUT2D eigenvalue weighted by atomic mass is 9.82. The summed E-state index contributed by atoms with van der Waals surface area (Å²) < 4.78 is 0. The molecule has 0 radical (unpaired) electrons. The van der Waals surface area contributed by atoms with Gasteiger partial charge in [-0.05, 0) is 78.8 Å². The molecule has 0 unspecified atom stereocenters. The van der Waals surface area contributed by atoms with E-state index in [1.165, 1.54) is 40.8 Å². The normalized spacial score (nSPS) is 14.7. The summed E-state index contributed by atoms with van der Waals surface area (Å²) in [6, 6.07) is 14.4. The summed E-state index contributed by atoms with van der Waals surface area (Å²) in [6.07, 6.45) is 4.70. The summed E-state index contributed by atoms with van der Waals surface area (Å²) in [4.78, 5) is 5.07. The number of hydrogen-bond acceptors (Lipinski definition) is 2. The molecule has 3 aromatic rings. The smallest absolute Gasteiger partial charge is 0.116 e. The summed E-state index contributed by atoms with van der Waals surface area (Å²) in [5.74, 6) is 1.09. The lowest BCUT2D eigenvalue weighted by molar-refractivity contribution is 0.409. The molecule has 2 nitrogen and oxygen atoms in total. The van der Waals surface area contributed by atoms with Gasteiger partial charge < -0.3 is 5.11 Å². The number of rotatable bonds is 4. The van der Waals surface area contributed by atoms with Gasteiger partial charge in [0, 0.05) is 11.1 Å². The van der Waals surface area contributed by atoms with Gasteiger partial charge in [-0.25, -0.2) is 0 Å². The van der Waals surface area contributed by atoms with Crippen LogP contribution in [0.1, 0.15) is 50.4 Å². The Labute approximate surface area is 162 Å². The first kappa shape index (κ1) is 18.0. The topological polar surface area (TPSA) is 33.1 Å².